The van der Waals surface area contributed by atoms with Gasteiger partial charge in [-0.3, -0.25) is 13.9 Å². The number of hydrogen-bond acceptors (Lipinski definition) is 5. The maximum atomic E-state index is 13.8. The van der Waals surface area contributed by atoms with Crippen LogP contribution in [-0.4, -0.2) is 51.9 Å². The van der Waals surface area contributed by atoms with Crippen LogP contribution in [0.15, 0.2) is 83.8 Å². The monoisotopic (exact) mass is 523 g/mol. The minimum Gasteiger partial charge on any atom is -0.497 e. The lowest BCUT2D eigenvalue weighted by Gasteiger charge is -2.33. The number of ether oxygens (including phenoxy) is 1. The van der Waals surface area contributed by atoms with Gasteiger partial charge in [0, 0.05) is 13.6 Å². The predicted molar refractivity (Wildman–Crippen MR) is 144 cm³/mol. The Balaban J connectivity index is 2.02. The van der Waals surface area contributed by atoms with Crippen LogP contribution in [0.2, 0.25) is 0 Å². The molecule has 1 atom stereocenters. The lowest BCUT2D eigenvalue weighted by Crippen LogP contribution is -2.51. The summed E-state index contributed by atoms with van der Waals surface area (Å²) in [6, 6.07) is 21.3. The quantitative estimate of drug-likeness (QED) is 0.413. The number of carbonyl (C=O) groups is 2. The maximum absolute atomic E-state index is 13.8. The number of para-hydroxylation sites is 1. The summed E-state index contributed by atoms with van der Waals surface area (Å²) in [6.45, 7) is 3.47. The molecule has 3 aromatic rings. The molecule has 8 nitrogen and oxygen atoms in total. The van der Waals surface area contributed by atoms with E-state index in [2.05, 4.69) is 5.32 Å². The van der Waals surface area contributed by atoms with Gasteiger partial charge in [0.05, 0.1) is 17.7 Å². The molecule has 0 saturated carbocycles. The molecule has 3 aromatic carbocycles. The number of sulfonamides is 1. The molecule has 0 spiro atoms. The van der Waals surface area contributed by atoms with Gasteiger partial charge in [0.2, 0.25) is 11.8 Å². The molecular formula is C28H33N3O5S. The Morgan fingerprint density at radius 1 is 0.946 bits per heavy atom. The van der Waals surface area contributed by atoms with Crippen LogP contribution in [0.25, 0.3) is 0 Å². The van der Waals surface area contributed by atoms with E-state index < -0.39 is 28.5 Å². The first-order valence-corrected chi connectivity index (χ1v) is 13.4. The normalized spacial score (nSPS) is 11.9. The highest BCUT2D eigenvalue weighted by Gasteiger charge is 2.33. The van der Waals surface area contributed by atoms with Crippen LogP contribution in [0.4, 0.5) is 5.69 Å². The van der Waals surface area contributed by atoms with Crippen LogP contribution in [-0.2, 0) is 26.2 Å². The topological polar surface area (TPSA) is 96.0 Å². The van der Waals surface area contributed by atoms with Gasteiger partial charge in [-0.05, 0) is 55.3 Å². The number of nitrogens with zero attached hydrogens (tertiary/aromatic N) is 2. The molecule has 0 bridgehead atoms. The van der Waals surface area contributed by atoms with Crippen molar-refractivity contribution in [2.75, 3.05) is 25.0 Å². The molecule has 0 unspecified atom stereocenters. The highest BCUT2D eigenvalue weighted by Crippen LogP contribution is 2.26. The zero-order valence-corrected chi connectivity index (χ0v) is 22.4. The number of amides is 2. The first-order valence-electron chi connectivity index (χ1n) is 12.0. The molecule has 0 aliphatic heterocycles. The van der Waals surface area contributed by atoms with Gasteiger partial charge in [0.1, 0.15) is 18.3 Å². The molecule has 37 heavy (non-hydrogen) atoms. The van der Waals surface area contributed by atoms with Crippen molar-refractivity contribution < 1.29 is 22.7 Å². The zero-order valence-electron chi connectivity index (χ0n) is 21.5. The lowest BCUT2D eigenvalue weighted by molar-refractivity contribution is -0.140. The summed E-state index contributed by atoms with van der Waals surface area (Å²) < 4.78 is 33.7. The van der Waals surface area contributed by atoms with E-state index in [1.165, 1.54) is 31.2 Å². The van der Waals surface area contributed by atoms with Crippen molar-refractivity contribution >= 4 is 27.5 Å². The third-order valence-corrected chi connectivity index (χ3v) is 7.86. The Kier molecular flexibility index (Phi) is 9.30. The van der Waals surface area contributed by atoms with E-state index in [0.29, 0.717) is 17.9 Å². The summed E-state index contributed by atoms with van der Waals surface area (Å²) in [7, 11) is -1.10. The molecule has 0 saturated heterocycles. The fraction of sp³-hybridized carbons (Fsp3) is 0.286. The Hall–Kier alpha value is -3.85. The van der Waals surface area contributed by atoms with Crippen LogP contribution in [0.3, 0.4) is 0 Å². The summed E-state index contributed by atoms with van der Waals surface area (Å²) in [4.78, 5) is 28.0. The standard InChI is InChI=1S/C28H33N3O5S/c1-5-26(28(33)29-3)30(19-22-13-11-21(2)12-14-22)27(32)20-31(23-9-7-6-8-10-23)37(34,35)25-17-15-24(36-4)16-18-25/h6-18,26H,5,19-20H2,1-4H3,(H,29,33)/t26-/m1/s1. The van der Waals surface area contributed by atoms with Crippen LogP contribution in [0.1, 0.15) is 24.5 Å². The number of hydrogen-bond donors (Lipinski definition) is 1. The van der Waals surface area contributed by atoms with E-state index in [-0.39, 0.29) is 17.3 Å². The van der Waals surface area contributed by atoms with Crippen molar-refractivity contribution in [2.45, 2.75) is 37.8 Å². The highest BCUT2D eigenvalue weighted by molar-refractivity contribution is 7.92. The van der Waals surface area contributed by atoms with E-state index in [4.69, 9.17) is 4.74 Å². The zero-order chi connectivity index (χ0) is 27.0. The second kappa shape index (κ2) is 12.4. The number of nitrogens with one attached hydrogen (secondary N) is 1. The Morgan fingerprint density at radius 2 is 1.57 bits per heavy atom. The Bertz CT molecular complexity index is 1290. The number of likely N-dealkylation sites (N-methyl/N-ethyl adjacent to an activating group) is 1. The summed E-state index contributed by atoms with van der Waals surface area (Å²) in [5, 5.41) is 2.62. The smallest absolute Gasteiger partial charge is 0.264 e. The van der Waals surface area contributed by atoms with E-state index in [1.54, 1.807) is 42.5 Å². The SMILES string of the molecule is CC[C@H](C(=O)NC)N(Cc1ccc(C)cc1)C(=O)CN(c1ccccc1)S(=O)(=O)c1ccc(OC)cc1. The summed E-state index contributed by atoms with van der Waals surface area (Å²) in [5.74, 6) is -0.286. The van der Waals surface area contributed by atoms with Crippen LogP contribution < -0.4 is 14.4 Å². The molecule has 0 radical (unpaired) electrons. The van der Waals surface area contributed by atoms with Crippen LogP contribution in [0.5, 0.6) is 5.75 Å². The number of rotatable bonds is 11. The van der Waals surface area contributed by atoms with Crippen molar-refractivity contribution in [3.63, 3.8) is 0 Å². The summed E-state index contributed by atoms with van der Waals surface area (Å²) >= 11 is 0. The van der Waals surface area contributed by atoms with E-state index in [0.717, 1.165) is 15.4 Å². The molecule has 0 aliphatic carbocycles. The largest absolute Gasteiger partial charge is 0.497 e. The molecule has 196 valence electrons. The minimum atomic E-state index is -4.11. The molecule has 0 fully saturated rings. The van der Waals surface area contributed by atoms with Crippen molar-refractivity contribution in [3.8, 4) is 5.75 Å². The number of aryl methyl sites for hydroxylation is 1. The second-order valence-electron chi connectivity index (χ2n) is 8.57. The Morgan fingerprint density at radius 3 is 2.11 bits per heavy atom. The molecular weight excluding hydrogens is 490 g/mol. The first-order chi connectivity index (χ1) is 17.7. The molecule has 0 aliphatic rings. The van der Waals surface area contributed by atoms with Crippen LogP contribution in [0, 0.1) is 6.92 Å². The third kappa shape index (κ3) is 6.68. The third-order valence-electron chi connectivity index (χ3n) is 6.08. The number of benzene rings is 3. The molecule has 0 heterocycles. The van der Waals surface area contributed by atoms with Crippen molar-refractivity contribution in [1.82, 2.24) is 10.2 Å². The molecule has 2 amide bonds. The highest BCUT2D eigenvalue weighted by atomic mass is 32.2. The van der Waals surface area contributed by atoms with Gasteiger partial charge in [-0.15, -0.1) is 0 Å². The number of methoxy groups -OCH3 is 1. The van der Waals surface area contributed by atoms with E-state index in [1.807, 2.05) is 38.1 Å². The summed E-state index contributed by atoms with van der Waals surface area (Å²) in [6.07, 6.45) is 0.369. The van der Waals surface area contributed by atoms with Gasteiger partial charge in [-0.2, -0.15) is 0 Å². The second-order valence-corrected chi connectivity index (χ2v) is 10.4. The number of carbonyl (C=O) groups excluding carboxylic acids is 2. The first kappa shape index (κ1) is 27.7. The van der Waals surface area contributed by atoms with Gasteiger partial charge in [-0.25, -0.2) is 8.42 Å². The molecule has 1 N–H and O–H groups in total. The van der Waals surface area contributed by atoms with Gasteiger partial charge in [-0.1, -0.05) is 55.0 Å². The fourth-order valence-corrected chi connectivity index (χ4v) is 5.39. The average Bonchev–Trinajstić information content (AvgIpc) is 2.92. The van der Waals surface area contributed by atoms with E-state index in [9.17, 15) is 18.0 Å². The van der Waals surface area contributed by atoms with Gasteiger partial charge in [0.25, 0.3) is 10.0 Å². The number of anilines is 1. The average molecular weight is 524 g/mol. The minimum absolute atomic E-state index is 0.0216. The Labute approximate surface area is 218 Å². The van der Waals surface area contributed by atoms with Gasteiger partial charge < -0.3 is 15.0 Å². The van der Waals surface area contributed by atoms with Gasteiger partial charge >= 0.3 is 0 Å². The summed E-state index contributed by atoms with van der Waals surface area (Å²) in [5.41, 5.74) is 2.25. The van der Waals surface area contributed by atoms with Crippen molar-refractivity contribution in [2.24, 2.45) is 0 Å². The van der Waals surface area contributed by atoms with E-state index >= 15 is 0 Å². The maximum Gasteiger partial charge on any atom is 0.264 e. The molecule has 3 rings (SSSR count). The molecule has 9 heteroatoms. The lowest BCUT2D eigenvalue weighted by atomic mass is 10.1. The van der Waals surface area contributed by atoms with Crippen LogP contribution >= 0.6 is 0 Å². The van der Waals surface area contributed by atoms with Gasteiger partial charge in [0.15, 0.2) is 0 Å². The molecule has 0 aromatic heterocycles. The van der Waals surface area contributed by atoms with Crippen molar-refractivity contribution in [3.05, 3.63) is 90.0 Å². The van der Waals surface area contributed by atoms with Crippen molar-refractivity contribution in [1.29, 1.82) is 0 Å². The fourth-order valence-electron chi connectivity index (χ4n) is 3.97. The predicted octanol–water partition coefficient (Wildman–Crippen LogP) is 3.75.